The molecule has 6 heteroatoms. The summed E-state index contributed by atoms with van der Waals surface area (Å²) in [5.74, 6) is -3.75. The second-order valence-electron chi connectivity index (χ2n) is 4.36. The molecule has 108 valence electrons. The largest absolute Gasteiger partial charge is 0.398 e. The van der Waals surface area contributed by atoms with E-state index in [0.29, 0.717) is 0 Å². The number of aromatic nitrogens is 2. The molecule has 2 aromatic rings. The molecule has 1 aliphatic rings. The Hall–Kier alpha value is -2.50. The Morgan fingerprint density at radius 2 is 2.29 bits per heavy atom. The van der Waals surface area contributed by atoms with Gasteiger partial charge in [0, 0.05) is 21.7 Å². The van der Waals surface area contributed by atoms with Gasteiger partial charge in [0.2, 0.25) is 0 Å². The van der Waals surface area contributed by atoms with E-state index in [0.717, 1.165) is 0 Å². The molecule has 21 heavy (non-hydrogen) atoms. The van der Waals surface area contributed by atoms with Crippen LogP contribution in [0.3, 0.4) is 0 Å². The Morgan fingerprint density at radius 1 is 1.48 bits per heavy atom. The molecule has 1 atom stereocenters. The summed E-state index contributed by atoms with van der Waals surface area (Å²) in [6, 6.07) is -4.60. The van der Waals surface area contributed by atoms with Crippen molar-refractivity contribution in [2.45, 2.75) is 32.1 Å². The van der Waals surface area contributed by atoms with Crippen LogP contribution in [0.5, 0.6) is 0 Å². The Kier molecular flexibility index (Phi) is 1.39. The van der Waals surface area contributed by atoms with Crippen molar-refractivity contribution >= 4 is 28.2 Å². The lowest BCUT2D eigenvalue weighted by molar-refractivity contribution is -0.132. The first kappa shape index (κ1) is 6.09. The molecule has 0 bridgehead atoms. The molecule has 1 fully saturated rings. The van der Waals surface area contributed by atoms with Gasteiger partial charge in [-0.25, -0.2) is 4.98 Å². The van der Waals surface area contributed by atoms with Crippen molar-refractivity contribution in [3.8, 4) is 0 Å². The molecule has 1 saturated carbocycles. The highest BCUT2D eigenvalue weighted by molar-refractivity contribution is 6.03. The number of Topliss-reactive ketones (excluding diaryl/α,β-unsaturated/α-hetero) is 2. The predicted octanol–water partition coefficient (Wildman–Crippen LogP) is 1.15. The van der Waals surface area contributed by atoms with Gasteiger partial charge in [-0.3, -0.25) is 19.0 Å². The zero-order valence-corrected chi connectivity index (χ0v) is 10.5. The van der Waals surface area contributed by atoms with Crippen molar-refractivity contribution < 1.29 is 23.3 Å². The zero-order chi connectivity index (χ0) is 23.8. The van der Waals surface area contributed by atoms with Gasteiger partial charge in [0.25, 0.3) is 5.56 Å². The SMILES string of the molecule is [2H]c1c([2H])c(N)c2c(=O)n([C@H]3C(=O)CC(=O)C([2H])([2H])C3([2H])[2H])c(C([2H])([2H])[2H])nc2c1[2H]. The van der Waals surface area contributed by atoms with Crippen LogP contribution in [0, 0.1) is 6.85 Å². The lowest BCUT2D eigenvalue weighted by Crippen LogP contribution is -2.36. The van der Waals surface area contributed by atoms with E-state index in [1.165, 1.54) is 0 Å². The summed E-state index contributed by atoms with van der Waals surface area (Å²) in [4.78, 5) is 41.6. The van der Waals surface area contributed by atoms with E-state index in [1.807, 2.05) is 0 Å². The summed E-state index contributed by atoms with van der Waals surface area (Å²) in [7, 11) is 0. The standard InChI is InChI=1S/C15H15N3O3/c1-8-17-11-4-2-3-10(16)14(11)15(21)18(8)12-6-5-9(19)7-13(12)20/h2-4,12H,5-7,16H2,1H3/t12-/m1/s1/i1D3,2D,3D,4D,5D2,6D2. The molecule has 0 spiro atoms. The second-order valence-corrected chi connectivity index (χ2v) is 4.36. The van der Waals surface area contributed by atoms with Crippen LogP contribution in [0.15, 0.2) is 22.9 Å². The van der Waals surface area contributed by atoms with Crippen molar-refractivity contribution in [3.05, 3.63) is 34.3 Å². The number of ketones is 2. The molecular formula is C15H15N3O3. The fraction of sp³-hybridized carbons (Fsp3) is 0.333. The molecule has 1 aliphatic carbocycles. The molecule has 2 N–H and O–H groups in total. The Labute approximate surface area is 134 Å². The lowest BCUT2D eigenvalue weighted by Gasteiger charge is -2.24. The number of carbonyl (C=O) groups is 2. The molecule has 0 unspecified atom stereocenters. The lowest BCUT2D eigenvalue weighted by atomic mass is 9.92. The summed E-state index contributed by atoms with van der Waals surface area (Å²) >= 11 is 0. The maximum Gasteiger partial charge on any atom is 0.264 e. The average molecular weight is 295 g/mol. The van der Waals surface area contributed by atoms with E-state index in [9.17, 15) is 14.4 Å². The first-order valence-corrected chi connectivity index (χ1v) is 5.84. The van der Waals surface area contributed by atoms with E-state index in [2.05, 4.69) is 4.98 Å². The highest BCUT2D eigenvalue weighted by Crippen LogP contribution is 2.24. The van der Waals surface area contributed by atoms with Crippen LogP contribution in [-0.4, -0.2) is 21.1 Å². The molecule has 6 nitrogen and oxygen atoms in total. The fourth-order valence-electron chi connectivity index (χ4n) is 2.06. The predicted molar refractivity (Wildman–Crippen MR) is 78.1 cm³/mol. The number of fused-ring (bicyclic) bond motifs is 1. The number of carbonyl (C=O) groups excluding carboxylic acids is 2. The van der Waals surface area contributed by atoms with Crippen molar-refractivity contribution in [2.24, 2.45) is 0 Å². The van der Waals surface area contributed by atoms with Gasteiger partial charge in [0.05, 0.1) is 27.5 Å². The fourth-order valence-corrected chi connectivity index (χ4v) is 2.06. The first-order chi connectivity index (χ1) is 14.0. The summed E-state index contributed by atoms with van der Waals surface area (Å²) in [5.41, 5.74) is 3.06. The number of anilines is 1. The van der Waals surface area contributed by atoms with Crippen LogP contribution in [0.4, 0.5) is 5.69 Å². The number of nitrogen functional groups attached to an aromatic ring is 1. The molecule has 0 radical (unpaired) electrons. The Balaban J connectivity index is 2.56. The van der Waals surface area contributed by atoms with Gasteiger partial charge in [-0.15, -0.1) is 0 Å². The molecule has 1 aromatic carbocycles. The van der Waals surface area contributed by atoms with Crippen LogP contribution >= 0.6 is 0 Å². The smallest absolute Gasteiger partial charge is 0.264 e. The number of aryl methyl sites for hydroxylation is 1. The van der Waals surface area contributed by atoms with E-state index in [-0.39, 0.29) is 4.57 Å². The van der Waals surface area contributed by atoms with Crippen molar-refractivity contribution in [1.29, 1.82) is 0 Å². The minimum Gasteiger partial charge on any atom is -0.398 e. The van der Waals surface area contributed by atoms with Crippen LogP contribution in [-0.2, 0) is 9.59 Å². The molecule has 0 saturated heterocycles. The molecule has 0 amide bonds. The van der Waals surface area contributed by atoms with E-state index in [1.54, 1.807) is 0 Å². The maximum atomic E-state index is 13.3. The Bertz CT molecular complexity index is 1220. The third kappa shape index (κ3) is 2.12. The summed E-state index contributed by atoms with van der Waals surface area (Å²) in [5, 5.41) is -0.680. The Morgan fingerprint density at radius 3 is 3.05 bits per heavy atom. The number of nitrogens with two attached hydrogens (primary N) is 1. The molecule has 3 rings (SSSR count). The van der Waals surface area contributed by atoms with E-state index in [4.69, 9.17) is 19.4 Å². The number of hydrogen-bond donors (Lipinski definition) is 1. The van der Waals surface area contributed by atoms with Gasteiger partial charge in [-0.2, -0.15) is 0 Å². The normalized spacial score (nSPS) is 31.5. The molecular weight excluding hydrogens is 270 g/mol. The van der Waals surface area contributed by atoms with E-state index >= 15 is 0 Å². The summed E-state index contributed by atoms with van der Waals surface area (Å²) in [6.07, 6.45) is -7.66. The van der Waals surface area contributed by atoms with Crippen LogP contribution < -0.4 is 11.3 Å². The second kappa shape index (κ2) is 4.80. The number of nitrogens with zero attached hydrogens (tertiary/aromatic N) is 2. The van der Waals surface area contributed by atoms with Gasteiger partial charge in [0.1, 0.15) is 11.6 Å². The quantitative estimate of drug-likeness (QED) is 0.629. The highest BCUT2D eigenvalue weighted by Gasteiger charge is 2.30. The van der Waals surface area contributed by atoms with Gasteiger partial charge < -0.3 is 5.73 Å². The third-order valence-electron chi connectivity index (χ3n) is 3.01. The topological polar surface area (TPSA) is 95.0 Å². The number of rotatable bonds is 1. The molecule has 1 aromatic heterocycles. The number of benzene rings is 1. The zero-order valence-electron chi connectivity index (χ0n) is 20.5. The maximum absolute atomic E-state index is 13.3. The van der Waals surface area contributed by atoms with Crippen LogP contribution in [0.2, 0.25) is 0 Å². The number of hydrogen-bond acceptors (Lipinski definition) is 5. The van der Waals surface area contributed by atoms with Gasteiger partial charge in [-0.1, -0.05) is 6.04 Å². The molecule has 1 heterocycles. The average Bonchev–Trinajstić information content (AvgIpc) is 2.63. The summed E-state index contributed by atoms with van der Waals surface area (Å²) in [6.45, 7) is -3.24. The van der Waals surface area contributed by atoms with Crippen LogP contribution in [0.1, 0.15) is 44.7 Å². The van der Waals surface area contributed by atoms with E-state index < -0.39 is 89.7 Å². The van der Waals surface area contributed by atoms with Crippen molar-refractivity contribution in [2.75, 3.05) is 5.73 Å². The minimum atomic E-state index is -3.34. The third-order valence-corrected chi connectivity index (χ3v) is 3.01. The molecule has 0 aliphatic heterocycles. The van der Waals surface area contributed by atoms with Crippen LogP contribution in [0.25, 0.3) is 10.9 Å². The van der Waals surface area contributed by atoms with Gasteiger partial charge >= 0.3 is 0 Å². The van der Waals surface area contributed by atoms with Gasteiger partial charge in [-0.05, 0) is 25.3 Å². The highest BCUT2D eigenvalue weighted by atomic mass is 16.2. The summed E-state index contributed by atoms with van der Waals surface area (Å²) < 4.78 is 78.5. The minimum absolute atomic E-state index is 0.140. The first-order valence-electron chi connectivity index (χ1n) is 10.8. The van der Waals surface area contributed by atoms with Gasteiger partial charge in [0.15, 0.2) is 5.78 Å². The monoisotopic (exact) mass is 295 g/mol. The van der Waals surface area contributed by atoms with Crippen molar-refractivity contribution in [3.63, 3.8) is 0 Å². The van der Waals surface area contributed by atoms with Crippen molar-refractivity contribution in [1.82, 2.24) is 9.55 Å².